The summed E-state index contributed by atoms with van der Waals surface area (Å²) in [4.78, 5) is 4.51. The molecule has 2 heterocycles. The van der Waals surface area contributed by atoms with Gasteiger partial charge in [-0.05, 0) is 30.7 Å². The van der Waals surface area contributed by atoms with Crippen molar-refractivity contribution < 1.29 is 4.74 Å². The Hall–Kier alpha value is -2.29. The zero-order valence-corrected chi connectivity index (χ0v) is 11.1. The van der Waals surface area contributed by atoms with Gasteiger partial charge in [0.25, 0.3) is 0 Å². The van der Waals surface area contributed by atoms with E-state index in [1.54, 1.807) is 7.11 Å². The van der Waals surface area contributed by atoms with Gasteiger partial charge in [0.15, 0.2) is 0 Å². The number of ether oxygens (including phenoxy) is 1. The number of hydrogen-bond donors (Lipinski definition) is 0. The molecule has 3 aromatic rings. The quantitative estimate of drug-likeness (QED) is 0.715. The first-order valence-electron chi connectivity index (χ1n) is 6.32. The zero-order chi connectivity index (χ0) is 13.2. The molecule has 0 aliphatic carbocycles. The molecule has 0 radical (unpaired) electrons. The van der Waals surface area contributed by atoms with E-state index in [2.05, 4.69) is 40.7 Å². The molecule has 3 rings (SSSR count). The molecule has 0 bridgehead atoms. The van der Waals surface area contributed by atoms with E-state index in [0.29, 0.717) is 0 Å². The minimum Gasteiger partial charge on any atom is -0.496 e. The van der Waals surface area contributed by atoms with Crippen LogP contribution in [0, 0.1) is 6.92 Å². The minimum absolute atomic E-state index is 0.765. The van der Waals surface area contributed by atoms with Gasteiger partial charge >= 0.3 is 0 Å². The van der Waals surface area contributed by atoms with Crippen molar-refractivity contribution in [3.63, 3.8) is 0 Å². The summed E-state index contributed by atoms with van der Waals surface area (Å²) in [6, 6.07) is 12.3. The maximum atomic E-state index is 5.39. The number of benzene rings is 1. The third-order valence-corrected chi connectivity index (χ3v) is 3.31. The van der Waals surface area contributed by atoms with Crippen LogP contribution >= 0.6 is 0 Å². The molecule has 0 saturated carbocycles. The Morgan fingerprint density at radius 3 is 2.89 bits per heavy atom. The normalized spacial score (nSPS) is 10.8. The number of para-hydroxylation sites is 1. The van der Waals surface area contributed by atoms with Gasteiger partial charge in [0.05, 0.1) is 18.8 Å². The van der Waals surface area contributed by atoms with E-state index < -0.39 is 0 Å². The predicted molar refractivity (Wildman–Crippen MR) is 75.7 cm³/mol. The number of methoxy groups -OCH3 is 1. The highest BCUT2D eigenvalue weighted by atomic mass is 16.5. The van der Waals surface area contributed by atoms with Crippen LogP contribution in [0.2, 0.25) is 0 Å². The number of aryl methyl sites for hydroxylation is 1. The van der Waals surface area contributed by atoms with E-state index in [0.717, 1.165) is 29.1 Å². The maximum Gasteiger partial charge on any atom is 0.122 e. The van der Waals surface area contributed by atoms with Gasteiger partial charge in [-0.25, -0.2) is 4.98 Å². The van der Waals surface area contributed by atoms with Gasteiger partial charge in [-0.1, -0.05) is 18.2 Å². The van der Waals surface area contributed by atoms with Crippen LogP contribution in [0.1, 0.15) is 17.0 Å². The van der Waals surface area contributed by atoms with Crippen LogP contribution in [0.4, 0.5) is 0 Å². The van der Waals surface area contributed by atoms with Crippen molar-refractivity contribution >= 4 is 5.52 Å². The Morgan fingerprint density at radius 2 is 2.05 bits per heavy atom. The van der Waals surface area contributed by atoms with Crippen molar-refractivity contribution in [2.45, 2.75) is 13.3 Å². The first-order chi connectivity index (χ1) is 9.28. The fraction of sp³-hybridized carbons (Fsp3) is 0.188. The molecule has 3 nitrogen and oxygen atoms in total. The Kier molecular flexibility index (Phi) is 2.95. The van der Waals surface area contributed by atoms with E-state index in [1.807, 2.05) is 24.4 Å². The molecule has 0 aliphatic rings. The van der Waals surface area contributed by atoms with Crippen molar-refractivity contribution in [3.8, 4) is 5.75 Å². The fourth-order valence-corrected chi connectivity index (χ4v) is 2.32. The van der Waals surface area contributed by atoms with E-state index in [9.17, 15) is 0 Å². The van der Waals surface area contributed by atoms with Crippen LogP contribution in [-0.2, 0) is 6.42 Å². The molecule has 96 valence electrons. The second kappa shape index (κ2) is 4.76. The lowest BCUT2D eigenvalue weighted by molar-refractivity contribution is 0.410. The molecular formula is C16H16N2O. The first-order valence-corrected chi connectivity index (χ1v) is 6.32. The molecule has 0 amide bonds. The number of pyridine rings is 1. The molecule has 0 aliphatic heterocycles. The summed E-state index contributed by atoms with van der Waals surface area (Å²) in [7, 11) is 1.70. The summed E-state index contributed by atoms with van der Waals surface area (Å²) in [6.07, 6.45) is 4.75. The number of aromatic nitrogens is 2. The van der Waals surface area contributed by atoms with Crippen LogP contribution in [0.15, 0.2) is 48.8 Å². The van der Waals surface area contributed by atoms with Gasteiger partial charge in [0, 0.05) is 18.2 Å². The SMILES string of the molecule is COc1ccccc1Cc1ncc2cc(C)ccn12. The average molecular weight is 252 g/mol. The fourth-order valence-electron chi connectivity index (χ4n) is 2.32. The highest BCUT2D eigenvalue weighted by Gasteiger charge is 2.08. The minimum atomic E-state index is 0.765. The summed E-state index contributed by atoms with van der Waals surface area (Å²) >= 11 is 0. The van der Waals surface area contributed by atoms with E-state index in [1.165, 1.54) is 5.56 Å². The molecule has 0 N–H and O–H groups in total. The van der Waals surface area contributed by atoms with Crippen molar-refractivity contribution in [1.82, 2.24) is 9.38 Å². The molecule has 0 saturated heterocycles. The number of nitrogens with zero attached hydrogens (tertiary/aromatic N) is 2. The molecule has 0 fully saturated rings. The van der Waals surface area contributed by atoms with Gasteiger partial charge in [-0.3, -0.25) is 0 Å². The Bertz CT molecular complexity index is 716. The molecular weight excluding hydrogens is 236 g/mol. The highest BCUT2D eigenvalue weighted by Crippen LogP contribution is 2.21. The van der Waals surface area contributed by atoms with Crippen molar-refractivity contribution in [1.29, 1.82) is 0 Å². The van der Waals surface area contributed by atoms with Gasteiger partial charge in [-0.2, -0.15) is 0 Å². The standard InChI is InChI=1S/C16H16N2O/c1-12-7-8-18-14(9-12)11-17-16(18)10-13-5-3-4-6-15(13)19-2/h3-9,11H,10H2,1-2H3. The topological polar surface area (TPSA) is 26.5 Å². The summed E-state index contributed by atoms with van der Waals surface area (Å²) in [6.45, 7) is 2.09. The highest BCUT2D eigenvalue weighted by molar-refractivity contribution is 5.49. The summed E-state index contributed by atoms with van der Waals surface area (Å²) in [5.74, 6) is 1.94. The third-order valence-electron chi connectivity index (χ3n) is 3.31. The van der Waals surface area contributed by atoms with Gasteiger partial charge in [0.2, 0.25) is 0 Å². The van der Waals surface area contributed by atoms with Gasteiger partial charge < -0.3 is 9.14 Å². The van der Waals surface area contributed by atoms with E-state index in [4.69, 9.17) is 4.74 Å². The predicted octanol–water partition coefficient (Wildman–Crippen LogP) is 3.24. The largest absolute Gasteiger partial charge is 0.496 e. The zero-order valence-electron chi connectivity index (χ0n) is 11.1. The van der Waals surface area contributed by atoms with Gasteiger partial charge in [0.1, 0.15) is 11.6 Å². The van der Waals surface area contributed by atoms with Crippen LogP contribution in [0.5, 0.6) is 5.75 Å². The molecule has 0 unspecified atom stereocenters. The Balaban J connectivity index is 2.01. The number of fused-ring (bicyclic) bond motifs is 1. The van der Waals surface area contributed by atoms with Crippen molar-refractivity contribution in [2.75, 3.05) is 7.11 Å². The molecule has 0 atom stereocenters. The average Bonchev–Trinajstić information content (AvgIpc) is 2.82. The monoisotopic (exact) mass is 252 g/mol. The lowest BCUT2D eigenvalue weighted by Gasteiger charge is -2.07. The molecule has 1 aromatic carbocycles. The van der Waals surface area contributed by atoms with Crippen LogP contribution < -0.4 is 4.74 Å². The summed E-state index contributed by atoms with van der Waals surface area (Å²) in [5, 5.41) is 0. The van der Waals surface area contributed by atoms with Crippen LogP contribution in [-0.4, -0.2) is 16.5 Å². The summed E-state index contributed by atoms with van der Waals surface area (Å²) in [5.41, 5.74) is 3.53. The van der Waals surface area contributed by atoms with Crippen LogP contribution in [0.25, 0.3) is 5.52 Å². The number of imidazole rings is 1. The smallest absolute Gasteiger partial charge is 0.122 e. The molecule has 3 heteroatoms. The third kappa shape index (κ3) is 2.19. The van der Waals surface area contributed by atoms with Crippen LogP contribution in [0.3, 0.4) is 0 Å². The number of rotatable bonds is 3. The maximum absolute atomic E-state index is 5.39. The Labute approximate surface area is 112 Å². The molecule has 2 aromatic heterocycles. The molecule has 19 heavy (non-hydrogen) atoms. The van der Waals surface area contributed by atoms with Crippen molar-refractivity contribution in [3.05, 3.63) is 65.7 Å². The lowest BCUT2D eigenvalue weighted by atomic mass is 10.1. The van der Waals surface area contributed by atoms with E-state index in [-0.39, 0.29) is 0 Å². The first kappa shape index (κ1) is 11.8. The van der Waals surface area contributed by atoms with Crippen molar-refractivity contribution in [2.24, 2.45) is 0 Å². The lowest BCUT2D eigenvalue weighted by Crippen LogP contribution is -1.98. The number of hydrogen-bond acceptors (Lipinski definition) is 2. The van der Waals surface area contributed by atoms with E-state index >= 15 is 0 Å². The summed E-state index contributed by atoms with van der Waals surface area (Å²) < 4.78 is 7.51. The second-order valence-corrected chi connectivity index (χ2v) is 4.66. The van der Waals surface area contributed by atoms with Gasteiger partial charge in [-0.15, -0.1) is 0 Å². The second-order valence-electron chi connectivity index (χ2n) is 4.66. The molecule has 0 spiro atoms. The Morgan fingerprint density at radius 1 is 1.21 bits per heavy atom.